The second-order valence-electron chi connectivity index (χ2n) is 9.25. The van der Waals surface area contributed by atoms with Crippen LogP contribution in [0.4, 0.5) is 0 Å². The third-order valence-electron chi connectivity index (χ3n) is 5.30. The molecule has 1 aliphatic carbocycles. The van der Waals surface area contributed by atoms with Gasteiger partial charge in [-0.15, -0.1) is 0 Å². The Kier molecular flexibility index (Phi) is 4.32. The van der Waals surface area contributed by atoms with E-state index in [9.17, 15) is 4.79 Å². The number of hydrogen-bond donors (Lipinski definition) is 1. The highest BCUT2D eigenvalue weighted by Crippen LogP contribution is 2.31. The molecule has 3 aromatic rings. The number of amides is 1. The van der Waals surface area contributed by atoms with Crippen molar-refractivity contribution in [1.82, 2.24) is 15.5 Å². The Hall–Kier alpha value is -2.63. The van der Waals surface area contributed by atoms with Crippen LogP contribution in [-0.4, -0.2) is 16.0 Å². The summed E-state index contributed by atoms with van der Waals surface area (Å²) in [5.41, 5.74) is 3.53. The monoisotopic (exact) mass is 381 g/mol. The number of carbonyl (C=O) groups excluding carboxylic acids is 1. The van der Waals surface area contributed by atoms with Gasteiger partial charge >= 0.3 is 0 Å². The van der Waals surface area contributed by atoms with Gasteiger partial charge in [-0.25, -0.2) is 0 Å². The molecule has 1 aliphatic rings. The largest absolute Gasteiger partial charge is 0.464 e. The van der Waals surface area contributed by atoms with Gasteiger partial charge in [0, 0.05) is 16.4 Å². The summed E-state index contributed by atoms with van der Waals surface area (Å²) < 4.78 is 11.1. The van der Waals surface area contributed by atoms with Crippen LogP contribution >= 0.6 is 0 Å². The maximum Gasteiger partial charge on any atom is 0.232 e. The number of furan rings is 1. The minimum atomic E-state index is -0.731. The van der Waals surface area contributed by atoms with Crippen molar-refractivity contribution in [1.29, 1.82) is 0 Å². The van der Waals surface area contributed by atoms with Gasteiger partial charge in [-0.05, 0) is 56.4 Å². The van der Waals surface area contributed by atoms with Crippen molar-refractivity contribution in [2.24, 2.45) is 0 Å². The Morgan fingerprint density at radius 2 is 1.86 bits per heavy atom. The summed E-state index contributed by atoms with van der Waals surface area (Å²) in [5.74, 6) is 0.926. The first-order valence-corrected chi connectivity index (χ1v) is 9.81. The van der Waals surface area contributed by atoms with Crippen molar-refractivity contribution in [2.75, 3.05) is 0 Å². The zero-order valence-corrected chi connectivity index (χ0v) is 17.2. The summed E-state index contributed by atoms with van der Waals surface area (Å²) in [6.45, 7) is 9.79. The molecule has 0 spiro atoms. The lowest BCUT2D eigenvalue weighted by atomic mass is 9.96. The van der Waals surface area contributed by atoms with Crippen LogP contribution in [0.5, 0.6) is 0 Å². The van der Waals surface area contributed by atoms with Crippen molar-refractivity contribution >= 4 is 16.9 Å². The van der Waals surface area contributed by atoms with E-state index >= 15 is 0 Å². The van der Waals surface area contributed by atoms with Crippen LogP contribution < -0.4 is 5.32 Å². The van der Waals surface area contributed by atoms with Crippen LogP contribution in [0.2, 0.25) is 0 Å². The van der Waals surface area contributed by atoms with E-state index in [1.165, 1.54) is 17.5 Å². The lowest BCUT2D eigenvalue weighted by Crippen LogP contribution is -2.42. The molecule has 0 unspecified atom stereocenters. The molecule has 148 valence electrons. The second kappa shape index (κ2) is 6.47. The van der Waals surface area contributed by atoms with Gasteiger partial charge in [-0.2, -0.15) is 4.98 Å². The van der Waals surface area contributed by atoms with Crippen LogP contribution in [-0.2, 0) is 35.0 Å². The van der Waals surface area contributed by atoms with Gasteiger partial charge in [0.25, 0.3) is 0 Å². The molecule has 0 saturated heterocycles. The van der Waals surface area contributed by atoms with Crippen molar-refractivity contribution in [3.8, 4) is 0 Å². The number of nitrogens with one attached hydrogen (secondary N) is 1. The van der Waals surface area contributed by atoms with Gasteiger partial charge in [0.15, 0.2) is 5.82 Å². The lowest BCUT2D eigenvalue weighted by Gasteiger charge is -2.22. The molecule has 1 amide bonds. The quantitative estimate of drug-likeness (QED) is 0.733. The first kappa shape index (κ1) is 18.7. The van der Waals surface area contributed by atoms with E-state index in [0.717, 1.165) is 29.4 Å². The van der Waals surface area contributed by atoms with Gasteiger partial charge in [0.05, 0.1) is 18.2 Å². The lowest BCUT2D eigenvalue weighted by molar-refractivity contribution is -0.122. The molecule has 1 aromatic carbocycles. The van der Waals surface area contributed by atoms with Gasteiger partial charge in [-0.1, -0.05) is 25.9 Å². The topological polar surface area (TPSA) is 81.2 Å². The fourth-order valence-corrected chi connectivity index (χ4v) is 3.69. The second-order valence-corrected chi connectivity index (χ2v) is 9.25. The summed E-state index contributed by atoms with van der Waals surface area (Å²) >= 11 is 0. The molecule has 0 fully saturated rings. The van der Waals surface area contributed by atoms with Gasteiger partial charge in [-0.3, -0.25) is 4.79 Å². The normalized spacial score (nSPS) is 14.5. The van der Waals surface area contributed by atoms with E-state index in [4.69, 9.17) is 8.94 Å². The molecule has 28 heavy (non-hydrogen) atoms. The number of benzene rings is 1. The Morgan fingerprint density at radius 3 is 2.54 bits per heavy atom. The van der Waals surface area contributed by atoms with E-state index in [1.807, 2.05) is 34.6 Å². The smallest absolute Gasteiger partial charge is 0.232 e. The summed E-state index contributed by atoms with van der Waals surface area (Å²) in [5, 5.41) is 8.13. The van der Waals surface area contributed by atoms with Crippen LogP contribution in [0.1, 0.15) is 69.4 Å². The van der Waals surface area contributed by atoms with E-state index in [2.05, 4.69) is 27.6 Å². The molecule has 6 nitrogen and oxygen atoms in total. The minimum Gasteiger partial charge on any atom is -0.464 e. The predicted octanol–water partition coefficient (Wildman–Crippen LogP) is 4.20. The van der Waals surface area contributed by atoms with E-state index in [1.54, 1.807) is 6.26 Å². The summed E-state index contributed by atoms with van der Waals surface area (Å²) in [6, 6.07) is 4.31. The molecule has 0 radical (unpaired) electrons. The molecule has 2 aromatic heterocycles. The number of rotatable bonds is 4. The van der Waals surface area contributed by atoms with Crippen LogP contribution in [0.15, 0.2) is 27.3 Å². The third-order valence-corrected chi connectivity index (χ3v) is 5.30. The predicted molar refractivity (Wildman–Crippen MR) is 106 cm³/mol. The maximum atomic E-state index is 12.7. The minimum absolute atomic E-state index is 0.102. The molecule has 2 heterocycles. The first-order chi connectivity index (χ1) is 13.1. The van der Waals surface area contributed by atoms with E-state index < -0.39 is 5.54 Å². The van der Waals surface area contributed by atoms with Crippen molar-refractivity contribution in [3.05, 3.63) is 46.8 Å². The summed E-state index contributed by atoms with van der Waals surface area (Å²) in [6.07, 6.45) is 5.34. The van der Waals surface area contributed by atoms with E-state index in [-0.39, 0.29) is 17.7 Å². The van der Waals surface area contributed by atoms with Crippen molar-refractivity contribution < 1.29 is 13.7 Å². The zero-order valence-electron chi connectivity index (χ0n) is 17.2. The van der Waals surface area contributed by atoms with Crippen molar-refractivity contribution in [3.63, 3.8) is 0 Å². The highest BCUT2D eigenvalue weighted by molar-refractivity contribution is 5.89. The summed E-state index contributed by atoms with van der Waals surface area (Å²) in [4.78, 5) is 17.2. The molecule has 0 atom stereocenters. The van der Waals surface area contributed by atoms with Crippen LogP contribution in [0, 0.1) is 0 Å². The van der Waals surface area contributed by atoms with Crippen LogP contribution in [0.3, 0.4) is 0 Å². The van der Waals surface area contributed by atoms with Gasteiger partial charge in [0.2, 0.25) is 11.8 Å². The average molecular weight is 381 g/mol. The Labute approximate surface area is 164 Å². The first-order valence-electron chi connectivity index (χ1n) is 9.81. The fraction of sp³-hybridized carbons (Fsp3) is 0.500. The molecular weight excluding hydrogens is 354 g/mol. The average Bonchev–Trinajstić information content (AvgIpc) is 3.31. The zero-order chi connectivity index (χ0) is 20.1. The molecule has 0 bridgehead atoms. The summed E-state index contributed by atoms with van der Waals surface area (Å²) in [7, 11) is 0. The Morgan fingerprint density at radius 1 is 1.14 bits per heavy atom. The van der Waals surface area contributed by atoms with E-state index in [0.29, 0.717) is 11.7 Å². The standard InChI is InChI=1S/C22H27N3O3/c1-21(2,3)20-23-19(25-28-20)22(4,5)24-18(26)11-15-12-27-17-10-14-8-6-7-13(14)9-16(15)17/h9-10,12H,6-8,11H2,1-5H3,(H,24,26). The number of carbonyl (C=O) groups is 1. The van der Waals surface area contributed by atoms with Gasteiger partial charge < -0.3 is 14.3 Å². The highest BCUT2D eigenvalue weighted by Gasteiger charge is 2.31. The number of aromatic nitrogens is 2. The Balaban J connectivity index is 1.51. The number of aryl methyl sites for hydroxylation is 2. The number of hydrogen-bond acceptors (Lipinski definition) is 5. The Bertz CT molecular complexity index is 1040. The van der Waals surface area contributed by atoms with Gasteiger partial charge in [0.1, 0.15) is 5.58 Å². The molecule has 4 rings (SSSR count). The highest BCUT2D eigenvalue weighted by atomic mass is 16.5. The molecule has 1 N–H and O–H groups in total. The molecule has 0 saturated carbocycles. The molecule has 6 heteroatoms. The number of fused-ring (bicyclic) bond motifs is 2. The van der Waals surface area contributed by atoms with Crippen molar-refractivity contribution in [2.45, 2.75) is 71.3 Å². The third kappa shape index (κ3) is 3.43. The number of nitrogens with zero attached hydrogens (tertiary/aromatic N) is 2. The molecule has 0 aliphatic heterocycles. The fourth-order valence-electron chi connectivity index (χ4n) is 3.69. The SMILES string of the molecule is CC(C)(C)c1nc(C(C)(C)NC(=O)Cc2coc3cc4c(cc23)CCC4)no1. The van der Waals surface area contributed by atoms with Crippen LogP contribution in [0.25, 0.3) is 11.0 Å². The molecular formula is C22H27N3O3. The maximum absolute atomic E-state index is 12.7.